The van der Waals surface area contributed by atoms with Crippen LogP contribution >= 0.6 is 0 Å². The summed E-state index contributed by atoms with van der Waals surface area (Å²) < 4.78 is 10.8. The lowest BCUT2D eigenvalue weighted by Crippen LogP contribution is -2.27. The minimum atomic E-state index is -0.838. The van der Waals surface area contributed by atoms with Gasteiger partial charge in [-0.1, -0.05) is 19.9 Å². The molecule has 31 heavy (non-hydrogen) atoms. The smallest absolute Gasteiger partial charge is 0.304 e. The molecule has 7 heteroatoms. The number of fused-ring (bicyclic) bond motifs is 2. The molecule has 3 N–H and O–H groups in total. The number of rotatable bonds is 6. The molecule has 1 aromatic heterocycles. The molecule has 3 aromatic rings. The van der Waals surface area contributed by atoms with Gasteiger partial charge in [0, 0.05) is 29.1 Å². The van der Waals surface area contributed by atoms with Gasteiger partial charge in [-0.15, -0.1) is 0 Å². The highest BCUT2D eigenvalue weighted by Gasteiger charge is 2.51. The third kappa shape index (κ3) is 3.40. The Morgan fingerprint density at radius 2 is 1.90 bits per heavy atom. The number of aromatic amines is 1. The van der Waals surface area contributed by atoms with E-state index in [9.17, 15) is 14.7 Å². The van der Waals surface area contributed by atoms with E-state index in [1.807, 2.05) is 56.3 Å². The lowest BCUT2D eigenvalue weighted by atomic mass is 9.86. The minimum Gasteiger partial charge on any atom is -0.481 e. The number of aliphatic carboxylic acids is 1. The second-order valence-corrected chi connectivity index (χ2v) is 9.04. The molecular weight excluding hydrogens is 396 g/mol. The first kappa shape index (κ1) is 19.5. The lowest BCUT2D eigenvalue weighted by molar-refractivity contribution is -0.138. The number of carboxylic acid groups (broad SMARTS) is 1. The van der Waals surface area contributed by atoms with Crippen LogP contribution in [0.2, 0.25) is 0 Å². The minimum absolute atomic E-state index is 0. The van der Waals surface area contributed by atoms with Gasteiger partial charge in [0.15, 0.2) is 11.5 Å². The molecule has 2 heterocycles. The number of amides is 1. The standard InChI is InChI=1S/C24H24N2O5.H2/c1-23(2,12-21(27)28)20-10-14-9-16(4-5-17(14)26-20)25-22(29)24(7-8-24)15-3-6-18-19(11-15)31-13-30-18;/h3-6,9-11,26H,7-8,12-13H2,1-2H3,(H,25,29)(H,27,28);1H. The van der Waals surface area contributed by atoms with Crippen LogP contribution in [-0.2, 0) is 20.4 Å². The molecule has 162 valence electrons. The third-order valence-electron chi connectivity index (χ3n) is 6.31. The molecule has 1 aliphatic carbocycles. The van der Waals surface area contributed by atoms with Crippen molar-refractivity contribution >= 4 is 28.5 Å². The van der Waals surface area contributed by atoms with Crippen LogP contribution in [-0.4, -0.2) is 28.8 Å². The first-order chi connectivity index (χ1) is 14.8. The number of anilines is 1. The number of aromatic nitrogens is 1. The zero-order valence-corrected chi connectivity index (χ0v) is 17.5. The predicted molar refractivity (Wildman–Crippen MR) is 118 cm³/mol. The topological polar surface area (TPSA) is 101 Å². The summed E-state index contributed by atoms with van der Waals surface area (Å²) >= 11 is 0. The SMILES string of the molecule is CC(C)(CC(=O)O)c1cc2cc(NC(=O)C3(c4ccc5c(c4)OCO5)CC3)ccc2[nH]1.[HH]. The highest BCUT2D eigenvalue weighted by atomic mass is 16.7. The number of carbonyl (C=O) groups is 2. The maximum Gasteiger partial charge on any atom is 0.304 e. The Labute approximate surface area is 180 Å². The summed E-state index contributed by atoms with van der Waals surface area (Å²) in [7, 11) is 0. The summed E-state index contributed by atoms with van der Waals surface area (Å²) in [5.41, 5.74) is 2.35. The van der Waals surface area contributed by atoms with Crippen LogP contribution in [0.3, 0.4) is 0 Å². The van der Waals surface area contributed by atoms with E-state index in [4.69, 9.17) is 9.47 Å². The Balaban J connectivity index is 0.00000245. The van der Waals surface area contributed by atoms with E-state index in [1.54, 1.807) is 0 Å². The van der Waals surface area contributed by atoms with Crippen molar-refractivity contribution in [1.82, 2.24) is 4.98 Å². The van der Waals surface area contributed by atoms with E-state index >= 15 is 0 Å². The molecule has 0 unspecified atom stereocenters. The van der Waals surface area contributed by atoms with Crippen LogP contribution in [0.1, 0.15) is 45.8 Å². The Morgan fingerprint density at radius 3 is 2.65 bits per heavy atom. The molecule has 7 nitrogen and oxygen atoms in total. The number of carbonyl (C=O) groups excluding carboxylic acids is 1. The number of ether oxygens (including phenoxy) is 2. The summed E-state index contributed by atoms with van der Waals surface area (Å²) in [5.74, 6) is 0.517. The van der Waals surface area contributed by atoms with Crippen LogP contribution in [0.25, 0.3) is 10.9 Å². The molecule has 2 aromatic carbocycles. The molecule has 0 spiro atoms. The highest BCUT2D eigenvalue weighted by Crippen LogP contribution is 2.51. The number of hydrogen-bond acceptors (Lipinski definition) is 4. The van der Waals surface area contributed by atoms with E-state index in [2.05, 4.69) is 10.3 Å². The first-order valence-electron chi connectivity index (χ1n) is 10.3. The van der Waals surface area contributed by atoms with Gasteiger partial charge in [-0.2, -0.15) is 0 Å². The molecule has 1 saturated carbocycles. The van der Waals surface area contributed by atoms with Crippen molar-refractivity contribution in [2.45, 2.75) is 43.9 Å². The van der Waals surface area contributed by atoms with Crippen molar-refractivity contribution in [2.24, 2.45) is 0 Å². The van der Waals surface area contributed by atoms with Gasteiger partial charge in [0.05, 0.1) is 11.8 Å². The van der Waals surface area contributed by atoms with Gasteiger partial charge < -0.3 is 24.9 Å². The van der Waals surface area contributed by atoms with E-state index in [-0.39, 0.29) is 20.5 Å². The maximum atomic E-state index is 13.2. The molecular formula is C24H26N2O5. The molecule has 0 saturated heterocycles. The van der Waals surface area contributed by atoms with Gasteiger partial charge in [0.2, 0.25) is 12.7 Å². The second-order valence-electron chi connectivity index (χ2n) is 9.04. The summed E-state index contributed by atoms with van der Waals surface area (Å²) in [4.78, 5) is 27.7. The summed E-state index contributed by atoms with van der Waals surface area (Å²) in [6, 6.07) is 13.3. The van der Waals surface area contributed by atoms with Crippen molar-refractivity contribution in [3.63, 3.8) is 0 Å². The number of benzene rings is 2. The monoisotopic (exact) mass is 422 g/mol. The number of hydrogen-bond donors (Lipinski definition) is 3. The van der Waals surface area contributed by atoms with Crippen LogP contribution in [0.15, 0.2) is 42.5 Å². The van der Waals surface area contributed by atoms with Crippen LogP contribution in [0.4, 0.5) is 5.69 Å². The fourth-order valence-electron chi connectivity index (χ4n) is 4.27. The van der Waals surface area contributed by atoms with Gasteiger partial charge in [-0.25, -0.2) is 0 Å². The normalized spacial score (nSPS) is 16.3. The quantitative estimate of drug-likeness (QED) is 0.540. The van der Waals surface area contributed by atoms with Crippen molar-refractivity contribution in [2.75, 3.05) is 12.1 Å². The Morgan fingerprint density at radius 1 is 1.13 bits per heavy atom. The van der Waals surface area contributed by atoms with Gasteiger partial charge in [0.1, 0.15) is 0 Å². The zero-order chi connectivity index (χ0) is 21.8. The second kappa shape index (κ2) is 6.77. The predicted octanol–water partition coefficient (Wildman–Crippen LogP) is 4.57. The molecule has 0 atom stereocenters. The van der Waals surface area contributed by atoms with E-state index in [1.165, 1.54) is 0 Å². The number of H-pyrrole nitrogens is 1. The van der Waals surface area contributed by atoms with Gasteiger partial charge in [-0.05, 0) is 54.8 Å². The Hall–Kier alpha value is -3.48. The molecule has 1 aliphatic heterocycles. The summed E-state index contributed by atoms with van der Waals surface area (Å²) in [5, 5.41) is 13.2. The average Bonchev–Trinajstić information content (AvgIpc) is 3.19. The summed E-state index contributed by atoms with van der Waals surface area (Å²) in [6.07, 6.45) is 1.61. The van der Waals surface area contributed by atoms with E-state index < -0.39 is 16.8 Å². The lowest BCUT2D eigenvalue weighted by Gasteiger charge is -2.20. The van der Waals surface area contributed by atoms with Gasteiger partial charge in [0.25, 0.3) is 0 Å². The number of carboxylic acids is 1. The third-order valence-corrected chi connectivity index (χ3v) is 6.31. The molecule has 1 fully saturated rings. The van der Waals surface area contributed by atoms with E-state index in [0.717, 1.165) is 35.0 Å². The fraction of sp³-hybridized carbons (Fsp3) is 0.333. The summed E-state index contributed by atoms with van der Waals surface area (Å²) in [6.45, 7) is 4.01. The van der Waals surface area contributed by atoms with Crippen LogP contribution in [0, 0.1) is 0 Å². The maximum absolute atomic E-state index is 13.2. The van der Waals surface area contributed by atoms with Crippen LogP contribution in [0.5, 0.6) is 11.5 Å². The fourth-order valence-corrected chi connectivity index (χ4v) is 4.27. The number of nitrogens with one attached hydrogen (secondary N) is 2. The largest absolute Gasteiger partial charge is 0.481 e. The van der Waals surface area contributed by atoms with E-state index in [0.29, 0.717) is 17.2 Å². The molecule has 1 amide bonds. The zero-order valence-electron chi connectivity index (χ0n) is 17.5. The Bertz CT molecular complexity index is 1210. The van der Waals surface area contributed by atoms with Crippen molar-refractivity contribution < 1.29 is 25.6 Å². The molecule has 5 rings (SSSR count). The van der Waals surface area contributed by atoms with Crippen LogP contribution < -0.4 is 14.8 Å². The average molecular weight is 422 g/mol. The Kier molecular flexibility index (Phi) is 4.25. The first-order valence-corrected chi connectivity index (χ1v) is 10.3. The molecule has 0 radical (unpaired) electrons. The highest BCUT2D eigenvalue weighted by molar-refractivity contribution is 6.02. The van der Waals surface area contributed by atoms with Crippen molar-refractivity contribution in [1.29, 1.82) is 0 Å². The van der Waals surface area contributed by atoms with Gasteiger partial charge in [-0.3, -0.25) is 9.59 Å². The molecule has 0 bridgehead atoms. The van der Waals surface area contributed by atoms with Crippen molar-refractivity contribution in [3.8, 4) is 11.5 Å². The molecule has 2 aliphatic rings. The van der Waals surface area contributed by atoms with Crippen molar-refractivity contribution in [3.05, 3.63) is 53.7 Å². The van der Waals surface area contributed by atoms with Gasteiger partial charge >= 0.3 is 5.97 Å².